The fourth-order valence-corrected chi connectivity index (χ4v) is 1.60. The Bertz CT molecular complexity index is 484. The van der Waals surface area contributed by atoms with Gasteiger partial charge in [0.05, 0.1) is 12.7 Å². The minimum atomic E-state index is -0.278. The maximum atomic E-state index is 12.9. The lowest BCUT2D eigenvalue weighted by atomic mass is 10.2. The first-order chi connectivity index (χ1) is 7.16. The molecule has 0 fully saturated rings. The van der Waals surface area contributed by atoms with Crippen molar-refractivity contribution in [3.05, 3.63) is 46.4 Å². The van der Waals surface area contributed by atoms with Gasteiger partial charge in [-0.25, -0.2) is 4.39 Å². The van der Waals surface area contributed by atoms with Crippen molar-refractivity contribution in [1.29, 1.82) is 0 Å². The molecule has 0 aliphatic rings. The fourth-order valence-electron chi connectivity index (χ4n) is 1.28. The molecule has 2 aromatic rings. The van der Waals surface area contributed by atoms with Gasteiger partial charge >= 0.3 is 0 Å². The molecule has 15 heavy (non-hydrogen) atoms. The van der Waals surface area contributed by atoms with Crippen LogP contribution in [0.4, 0.5) is 4.39 Å². The van der Waals surface area contributed by atoms with Gasteiger partial charge in [0.2, 0.25) is 0 Å². The van der Waals surface area contributed by atoms with E-state index >= 15 is 0 Å². The summed E-state index contributed by atoms with van der Waals surface area (Å²) in [6.07, 6.45) is 1.34. The molecule has 1 aromatic carbocycles. The summed E-state index contributed by atoms with van der Waals surface area (Å²) in [6.45, 7) is 0.416. The van der Waals surface area contributed by atoms with Gasteiger partial charge in [-0.1, -0.05) is 12.1 Å². The summed E-state index contributed by atoms with van der Waals surface area (Å²) in [5.74, 6) is -0.202. The number of nitrogens with zero attached hydrogens (tertiary/aromatic N) is 2. The first kappa shape index (κ1) is 10.2. The summed E-state index contributed by atoms with van der Waals surface area (Å²) in [5.41, 5.74) is 0.791. The SMILES string of the molecule is Oc1cnn(Cc2cccc(F)c2)c1Br. The Morgan fingerprint density at radius 2 is 2.27 bits per heavy atom. The minimum absolute atomic E-state index is 0.0754. The third-order valence-corrected chi connectivity index (χ3v) is 2.79. The van der Waals surface area contributed by atoms with Crippen LogP contribution >= 0.6 is 15.9 Å². The maximum Gasteiger partial charge on any atom is 0.168 e. The second kappa shape index (κ2) is 4.02. The first-order valence-electron chi connectivity index (χ1n) is 4.31. The molecule has 0 bridgehead atoms. The Hall–Kier alpha value is -1.36. The standard InChI is InChI=1S/C10H8BrFN2O/c11-10-9(15)5-13-14(10)6-7-2-1-3-8(12)4-7/h1-5,15H,6H2. The molecule has 2 rings (SSSR count). The number of aromatic hydroxyl groups is 1. The number of halogens is 2. The Morgan fingerprint density at radius 3 is 2.87 bits per heavy atom. The second-order valence-electron chi connectivity index (χ2n) is 3.11. The van der Waals surface area contributed by atoms with E-state index in [1.165, 1.54) is 18.3 Å². The number of rotatable bonds is 2. The van der Waals surface area contributed by atoms with E-state index in [-0.39, 0.29) is 11.6 Å². The number of benzene rings is 1. The maximum absolute atomic E-state index is 12.9. The summed E-state index contributed by atoms with van der Waals surface area (Å²) in [7, 11) is 0. The lowest BCUT2D eigenvalue weighted by Gasteiger charge is -2.03. The molecule has 78 valence electrons. The van der Waals surface area contributed by atoms with Crippen molar-refractivity contribution in [2.45, 2.75) is 6.54 Å². The third-order valence-electron chi connectivity index (χ3n) is 1.98. The molecule has 0 spiro atoms. The lowest BCUT2D eigenvalue weighted by Crippen LogP contribution is -2.01. The Morgan fingerprint density at radius 1 is 1.47 bits per heavy atom. The zero-order chi connectivity index (χ0) is 10.8. The van der Waals surface area contributed by atoms with Crippen LogP contribution in [0, 0.1) is 5.82 Å². The Balaban J connectivity index is 2.26. The Kier molecular flexibility index (Phi) is 2.73. The van der Waals surface area contributed by atoms with Crippen molar-refractivity contribution < 1.29 is 9.50 Å². The molecule has 3 nitrogen and oxygen atoms in total. The predicted octanol–water partition coefficient (Wildman–Crippen LogP) is 2.54. The first-order valence-corrected chi connectivity index (χ1v) is 5.11. The van der Waals surface area contributed by atoms with Crippen LogP contribution in [0.3, 0.4) is 0 Å². The minimum Gasteiger partial charge on any atom is -0.504 e. The van der Waals surface area contributed by atoms with Gasteiger partial charge in [-0.15, -0.1) is 0 Å². The van der Waals surface area contributed by atoms with E-state index in [1.807, 2.05) is 0 Å². The van der Waals surface area contributed by atoms with Gasteiger partial charge in [-0.05, 0) is 33.6 Å². The monoisotopic (exact) mass is 270 g/mol. The molecule has 1 N–H and O–H groups in total. The van der Waals surface area contributed by atoms with Gasteiger partial charge in [0.15, 0.2) is 5.75 Å². The largest absolute Gasteiger partial charge is 0.504 e. The topological polar surface area (TPSA) is 38.1 Å². The summed E-state index contributed by atoms with van der Waals surface area (Å²) >= 11 is 3.18. The molecule has 5 heteroatoms. The molecule has 0 saturated carbocycles. The van der Waals surface area contributed by atoms with Crippen LogP contribution in [-0.2, 0) is 6.54 Å². The molecule has 0 radical (unpaired) electrons. The van der Waals surface area contributed by atoms with Crippen molar-refractivity contribution >= 4 is 15.9 Å². The average molecular weight is 271 g/mol. The van der Waals surface area contributed by atoms with Crippen LogP contribution in [0.5, 0.6) is 5.75 Å². The van der Waals surface area contributed by atoms with Crippen molar-refractivity contribution in [3.63, 3.8) is 0 Å². The van der Waals surface area contributed by atoms with E-state index in [9.17, 15) is 9.50 Å². The van der Waals surface area contributed by atoms with Crippen molar-refractivity contribution in [1.82, 2.24) is 9.78 Å². The summed E-state index contributed by atoms with van der Waals surface area (Å²) < 4.78 is 14.9. The molecule has 1 aromatic heterocycles. The van der Waals surface area contributed by atoms with E-state index in [4.69, 9.17) is 0 Å². The van der Waals surface area contributed by atoms with E-state index in [2.05, 4.69) is 21.0 Å². The normalized spacial score (nSPS) is 10.5. The predicted molar refractivity (Wildman–Crippen MR) is 57.1 cm³/mol. The fraction of sp³-hybridized carbons (Fsp3) is 0.100. The van der Waals surface area contributed by atoms with Crippen LogP contribution in [0.2, 0.25) is 0 Å². The van der Waals surface area contributed by atoms with Crippen molar-refractivity contribution in [2.75, 3.05) is 0 Å². The Labute approximate surface area is 94.3 Å². The second-order valence-corrected chi connectivity index (χ2v) is 3.86. The summed E-state index contributed by atoms with van der Waals surface area (Å²) in [4.78, 5) is 0. The summed E-state index contributed by atoms with van der Waals surface area (Å²) in [6, 6.07) is 6.26. The van der Waals surface area contributed by atoms with E-state index in [0.29, 0.717) is 11.1 Å². The van der Waals surface area contributed by atoms with Crippen LogP contribution in [-0.4, -0.2) is 14.9 Å². The molecule has 1 heterocycles. The number of hydrogen-bond donors (Lipinski definition) is 1. The third kappa shape index (κ3) is 2.18. The molecular weight excluding hydrogens is 263 g/mol. The van der Waals surface area contributed by atoms with Crippen LogP contribution in [0.1, 0.15) is 5.56 Å². The van der Waals surface area contributed by atoms with Gasteiger partial charge in [-0.3, -0.25) is 4.68 Å². The molecule has 0 unspecified atom stereocenters. The highest BCUT2D eigenvalue weighted by Gasteiger charge is 2.06. The molecule has 0 aliphatic carbocycles. The smallest absolute Gasteiger partial charge is 0.168 e. The van der Waals surface area contributed by atoms with E-state index in [0.717, 1.165) is 5.56 Å². The molecular formula is C10H8BrFN2O. The highest BCUT2D eigenvalue weighted by molar-refractivity contribution is 9.10. The van der Waals surface area contributed by atoms with Crippen molar-refractivity contribution in [2.24, 2.45) is 0 Å². The average Bonchev–Trinajstić information content (AvgIpc) is 2.50. The highest BCUT2D eigenvalue weighted by Crippen LogP contribution is 2.23. The molecule has 0 atom stereocenters. The van der Waals surface area contributed by atoms with Gasteiger partial charge in [-0.2, -0.15) is 5.10 Å². The summed E-state index contributed by atoms with van der Waals surface area (Å²) in [5, 5.41) is 13.2. The highest BCUT2D eigenvalue weighted by atomic mass is 79.9. The van der Waals surface area contributed by atoms with Gasteiger partial charge < -0.3 is 5.11 Å². The van der Waals surface area contributed by atoms with Crippen LogP contribution in [0.25, 0.3) is 0 Å². The van der Waals surface area contributed by atoms with Crippen molar-refractivity contribution in [3.8, 4) is 5.75 Å². The van der Waals surface area contributed by atoms with E-state index < -0.39 is 0 Å². The molecule has 0 aliphatic heterocycles. The van der Waals surface area contributed by atoms with Gasteiger partial charge in [0.1, 0.15) is 10.4 Å². The lowest BCUT2D eigenvalue weighted by molar-refractivity contribution is 0.469. The number of aromatic nitrogens is 2. The van der Waals surface area contributed by atoms with Crippen LogP contribution < -0.4 is 0 Å². The number of hydrogen-bond acceptors (Lipinski definition) is 2. The van der Waals surface area contributed by atoms with E-state index in [1.54, 1.807) is 16.8 Å². The quantitative estimate of drug-likeness (QED) is 0.911. The van der Waals surface area contributed by atoms with Gasteiger partial charge in [0, 0.05) is 0 Å². The van der Waals surface area contributed by atoms with Gasteiger partial charge in [0.25, 0.3) is 0 Å². The molecule has 0 saturated heterocycles. The zero-order valence-electron chi connectivity index (χ0n) is 7.69. The molecule has 0 amide bonds. The van der Waals surface area contributed by atoms with Crippen LogP contribution in [0.15, 0.2) is 35.1 Å². The zero-order valence-corrected chi connectivity index (χ0v) is 9.28.